The van der Waals surface area contributed by atoms with Gasteiger partial charge in [0.25, 0.3) is 0 Å². The molecular weight excluding hydrogens is 238 g/mol. The minimum absolute atomic E-state index is 0.0743. The summed E-state index contributed by atoms with van der Waals surface area (Å²) in [5.41, 5.74) is 1.19. The van der Waals surface area contributed by atoms with Crippen molar-refractivity contribution < 1.29 is 9.52 Å². The SMILES string of the molecule is CC(O)CCCNC(c1ccccc1)c1ccco1. The Kier molecular flexibility index (Phi) is 5.19. The minimum Gasteiger partial charge on any atom is -0.467 e. The molecule has 0 aliphatic rings. The Hall–Kier alpha value is -1.58. The van der Waals surface area contributed by atoms with E-state index in [1.165, 1.54) is 5.56 Å². The molecule has 102 valence electrons. The van der Waals surface area contributed by atoms with E-state index in [4.69, 9.17) is 4.42 Å². The zero-order valence-corrected chi connectivity index (χ0v) is 11.3. The third kappa shape index (κ3) is 4.23. The molecular formula is C16H21NO2. The molecule has 19 heavy (non-hydrogen) atoms. The van der Waals surface area contributed by atoms with E-state index in [1.807, 2.05) is 37.3 Å². The quantitative estimate of drug-likeness (QED) is 0.751. The molecule has 0 amide bonds. The predicted molar refractivity (Wildman–Crippen MR) is 75.9 cm³/mol. The van der Waals surface area contributed by atoms with E-state index < -0.39 is 0 Å². The Balaban J connectivity index is 2.00. The lowest BCUT2D eigenvalue weighted by Gasteiger charge is -2.17. The highest BCUT2D eigenvalue weighted by atomic mass is 16.3. The zero-order valence-electron chi connectivity index (χ0n) is 11.3. The molecule has 0 aliphatic heterocycles. The van der Waals surface area contributed by atoms with Crippen LogP contribution in [-0.2, 0) is 0 Å². The summed E-state index contributed by atoms with van der Waals surface area (Å²) >= 11 is 0. The zero-order chi connectivity index (χ0) is 13.5. The van der Waals surface area contributed by atoms with Gasteiger partial charge >= 0.3 is 0 Å². The molecule has 0 saturated heterocycles. The number of furan rings is 1. The predicted octanol–water partition coefficient (Wildman–Crippen LogP) is 3.12. The van der Waals surface area contributed by atoms with Crippen LogP contribution in [0, 0.1) is 0 Å². The Morgan fingerprint density at radius 3 is 2.58 bits per heavy atom. The first-order valence-corrected chi connectivity index (χ1v) is 6.77. The van der Waals surface area contributed by atoms with Gasteiger partial charge < -0.3 is 14.8 Å². The lowest BCUT2D eigenvalue weighted by atomic mass is 10.0. The lowest BCUT2D eigenvalue weighted by molar-refractivity contribution is 0.181. The molecule has 0 radical (unpaired) electrons. The Morgan fingerprint density at radius 1 is 1.16 bits per heavy atom. The van der Waals surface area contributed by atoms with Crippen molar-refractivity contribution >= 4 is 0 Å². The van der Waals surface area contributed by atoms with Crippen molar-refractivity contribution in [3.8, 4) is 0 Å². The molecule has 3 nitrogen and oxygen atoms in total. The first-order valence-electron chi connectivity index (χ1n) is 6.77. The van der Waals surface area contributed by atoms with Crippen molar-refractivity contribution in [2.24, 2.45) is 0 Å². The first-order chi connectivity index (χ1) is 9.27. The van der Waals surface area contributed by atoms with Crippen LogP contribution >= 0.6 is 0 Å². The molecule has 0 bridgehead atoms. The summed E-state index contributed by atoms with van der Waals surface area (Å²) in [5, 5.41) is 12.8. The van der Waals surface area contributed by atoms with Crippen molar-refractivity contribution in [1.29, 1.82) is 0 Å². The first kappa shape index (κ1) is 13.8. The standard InChI is InChI=1S/C16H21NO2/c1-13(18)7-5-11-17-16(15-10-6-12-19-15)14-8-3-2-4-9-14/h2-4,6,8-10,12-13,16-18H,5,7,11H2,1H3. The second-order valence-corrected chi connectivity index (χ2v) is 4.80. The van der Waals surface area contributed by atoms with Crippen molar-refractivity contribution in [2.45, 2.75) is 31.9 Å². The lowest BCUT2D eigenvalue weighted by Crippen LogP contribution is -2.23. The average Bonchev–Trinajstić information content (AvgIpc) is 2.93. The Bertz CT molecular complexity index is 451. The Morgan fingerprint density at radius 2 is 1.95 bits per heavy atom. The van der Waals surface area contributed by atoms with Crippen LogP contribution in [0.1, 0.15) is 37.1 Å². The number of nitrogens with one attached hydrogen (secondary N) is 1. The molecule has 0 spiro atoms. The fourth-order valence-corrected chi connectivity index (χ4v) is 2.13. The van der Waals surface area contributed by atoms with Gasteiger partial charge in [0, 0.05) is 0 Å². The maximum absolute atomic E-state index is 9.27. The molecule has 2 rings (SSSR count). The van der Waals surface area contributed by atoms with Crippen LogP contribution in [0.4, 0.5) is 0 Å². The number of benzene rings is 1. The van der Waals surface area contributed by atoms with Gasteiger partial charge in [-0.3, -0.25) is 0 Å². The van der Waals surface area contributed by atoms with Crippen LogP contribution in [0.3, 0.4) is 0 Å². The number of aliphatic hydroxyl groups excluding tert-OH is 1. The summed E-state index contributed by atoms with van der Waals surface area (Å²) in [6.07, 6.45) is 3.22. The fourth-order valence-electron chi connectivity index (χ4n) is 2.13. The highest BCUT2D eigenvalue weighted by molar-refractivity contribution is 5.26. The van der Waals surface area contributed by atoms with Crippen molar-refractivity contribution in [1.82, 2.24) is 5.32 Å². The van der Waals surface area contributed by atoms with E-state index in [-0.39, 0.29) is 12.1 Å². The van der Waals surface area contributed by atoms with Crippen LogP contribution in [0.5, 0.6) is 0 Å². The van der Waals surface area contributed by atoms with Crippen molar-refractivity contribution in [2.75, 3.05) is 6.54 Å². The number of rotatable bonds is 7. The van der Waals surface area contributed by atoms with E-state index >= 15 is 0 Å². The van der Waals surface area contributed by atoms with Gasteiger partial charge in [-0.2, -0.15) is 0 Å². The summed E-state index contributed by atoms with van der Waals surface area (Å²) < 4.78 is 5.52. The van der Waals surface area contributed by atoms with E-state index in [0.29, 0.717) is 0 Å². The maximum Gasteiger partial charge on any atom is 0.125 e. The van der Waals surface area contributed by atoms with Gasteiger partial charge in [-0.1, -0.05) is 30.3 Å². The highest BCUT2D eigenvalue weighted by Gasteiger charge is 2.15. The molecule has 1 heterocycles. The molecule has 1 aromatic heterocycles. The van der Waals surface area contributed by atoms with Gasteiger partial charge in [-0.05, 0) is 44.0 Å². The van der Waals surface area contributed by atoms with Gasteiger partial charge in [0.1, 0.15) is 5.76 Å². The number of hydrogen-bond donors (Lipinski definition) is 2. The summed E-state index contributed by atoms with van der Waals surface area (Å²) in [6.45, 7) is 2.67. The van der Waals surface area contributed by atoms with Crippen LogP contribution in [0.25, 0.3) is 0 Å². The second kappa shape index (κ2) is 7.12. The highest BCUT2D eigenvalue weighted by Crippen LogP contribution is 2.22. The van der Waals surface area contributed by atoms with E-state index in [9.17, 15) is 5.11 Å². The molecule has 0 saturated carbocycles. The topological polar surface area (TPSA) is 45.4 Å². The van der Waals surface area contributed by atoms with Crippen molar-refractivity contribution in [3.63, 3.8) is 0 Å². The van der Waals surface area contributed by atoms with Gasteiger partial charge in [-0.25, -0.2) is 0 Å². The molecule has 0 aliphatic carbocycles. The number of aliphatic hydroxyl groups is 1. The van der Waals surface area contributed by atoms with Gasteiger partial charge in [0.2, 0.25) is 0 Å². The maximum atomic E-state index is 9.27. The molecule has 1 aromatic carbocycles. The second-order valence-electron chi connectivity index (χ2n) is 4.80. The molecule has 3 heteroatoms. The molecule has 2 unspecified atom stereocenters. The van der Waals surface area contributed by atoms with Crippen LogP contribution < -0.4 is 5.32 Å². The summed E-state index contributed by atoms with van der Waals surface area (Å²) in [4.78, 5) is 0. The third-order valence-electron chi connectivity index (χ3n) is 3.11. The monoisotopic (exact) mass is 259 g/mol. The number of hydrogen-bond acceptors (Lipinski definition) is 3. The summed E-state index contributed by atoms with van der Waals surface area (Å²) in [5.74, 6) is 0.920. The van der Waals surface area contributed by atoms with Crippen LogP contribution in [0.2, 0.25) is 0 Å². The average molecular weight is 259 g/mol. The van der Waals surface area contributed by atoms with E-state index in [1.54, 1.807) is 6.26 Å². The van der Waals surface area contributed by atoms with Crippen LogP contribution in [0.15, 0.2) is 53.1 Å². The summed E-state index contributed by atoms with van der Waals surface area (Å²) in [7, 11) is 0. The van der Waals surface area contributed by atoms with E-state index in [0.717, 1.165) is 25.1 Å². The molecule has 2 N–H and O–H groups in total. The van der Waals surface area contributed by atoms with Crippen LogP contribution in [-0.4, -0.2) is 17.8 Å². The van der Waals surface area contributed by atoms with E-state index in [2.05, 4.69) is 17.4 Å². The van der Waals surface area contributed by atoms with Gasteiger partial charge in [0.05, 0.1) is 18.4 Å². The van der Waals surface area contributed by atoms with Gasteiger partial charge in [-0.15, -0.1) is 0 Å². The Labute approximate surface area is 114 Å². The summed E-state index contributed by atoms with van der Waals surface area (Å²) in [6, 6.07) is 14.2. The normalized spacial score (nSPS) is 14.2. The molecule has 2 aromatic rings. The fraction of sp³-hybridized carbons (Fsp3) is 0.375. The minimum atomic E-state index is -0.236. The van der Waals surface area contributed by atoms with Crippen molar-refractivity contribution in [3.05, 3.63) is 60.1 Å². The van der Waals surface area contributed by atoms with Gasteiger partial charge in [0.15, 0.2) is 0 Å². The molecule has 2 atom stereocenters. The smallest absolute Gasteiger partial charge is 0.125 e. The largest absolute Gasteiger partial charge is 0.467 e. The third-order valence-corrected chi connectivity index (χ3v) is 3.11. The molecule has 0 fully saturated rings.